The summed E-state index contributed by atoms with van der Waals surface area (Å²) in [6.07, 6.45) is -2.74. The minimum Gasteiger partial charge on any atom is -0.361 e. The molecule has 0 radical (unpaired) electrons. The molecule has 0 atom stereocenters. The average molecular weight is 418 g/mol. The first-order valence-electron chi connectivity index (χ1n) is 8.79. The Kier molecular flexibility index (Phi) is 5.86. The standard InChI is InChI=1S/C20H17F3N4O3/c1-11-17(12(2)30-27-11)8-18(28)25-15-5-3-4-13(6-15)19(29)26-16-7-14(9-24-10-16)20(21,22)23/h3-7,9-10H,8H2,1-2H3,(H,25,28)(H,26,29). The molecule has 2 aromatic heterocycles. The Morgan fingerprint density at radius 2 is 1.83 bits per heavy atom. The zero-order valence-corrected chi connectivity index (χ0v) is 16.0. The molecule has 156 valence electrons. The van der Waals surface area contributed by atoms with E-state index >= 15 is 0 Å². The number of rotatable bonds is 5. The first-order chi connectivity index (χ1) is 14.1. The lowest BCUT2D eigenvalue weighted by Crippen LogP contribution is -2.17. The monoisotopic (exact) mass is 418 g/mol. The van der Waals surface area contributed by atoms with E-state index in [2.05, 4.69) is 20.8 Å². The highest BCUT2D eigenvalue weighted by atomic mass is 19.4. The second-order valence-electron chi connectivity index (χ2n) is 6.52. The maximum absolute atomic E-state index is 12.8. The molecule has 0 saturated heterocycles. The van der Waals surface area contributed by atoms with Gasteiger partial charge in [0.15, 0.2) is 0 Å². The zero-order chi connectivity index (χ0) is 21.9. The van der Waals surface area contributed by atoms with Gasteiger partial charge in [-0.2, -0.15) is 13.2 Å². The molecule has 0 fully saturated rings. The molecule has 2 N–H and O–H groups in total. The number of anilines is 2. The Bertz CT molecular complexity index is 1070. The van der Waals surface area contributed by atoms with Gasteiger partial charge in [-0.15, -0.1) is 0 Å². The molecule has 0 aliphatic heterocycles. The van der Waals surface area contributed by atoms with Crippen LogP contribution in [0.15, 0.2) is 47.2 Å². The fourth-order valence-electron chi connectivity index (χ4n) is 2.72. The molecule has 0 bridgehead atoms. The Balaban J connectivity index is 1.69. The van der Waals surface area contributed by atoms with E-state index in [9.17, 15) is 22.8 Å². The van der Waals surface area contributed by atoms with Crippen molar-refractivity contribution in [1.82, 2.24) is 10.1 Å². The predicted octanol–water partition coefficient (Wildman–Crippen LogP) is 4.14. The molecule has 2 amide bonds. The minimum absolute atomic E-state index is 0.0491. The van der Waals surface area contributed by atoms with Gasteiger partial charge in [-0.25, -0.2) is 0 Å². The molecule has 0 saturated carbocycles. The Morgan fingerprint density at radius 3 is 2.50 bits per heavy atom. The summed E-state index contributed by atoms with van der Waals surface area (Å²) in [6, 6.07) is 6.82. The largest absolute Gasteiger partial charge is 0.417 e. The fraction of sp³-hybridized carbons (Fsp3) is 0.200. The minimum atomic E-state index is -4.57. The fourth-order valence-corrected chi connectivity index (χ4v) is 2.72. The van der Waals surface area contributed by atoms with E-state index in [0.717, 1.165) is 12.3 Å². The van der Waals surface area contributed by atoms with Crippen molar-refractivity contribution in [2.45, 2.75) is 26.4 Å². The quantitative estimate of drug-likeness (QED) is 0.649. The van der Waals surface area contributed by atoms with Crippen LogP contribution in [0.4, 0.5) is 24.5 Å². The van der Waals surface area contributed by atoms with Gasteiger partial charge in [0.2, 0.25) is 5.91 Å². The molecule has 0 aliphatic rings. The van der Waals surface area contributed by atoms with Gasteiger partial charge in [-0.3, -0.25) is 14.6 Å². The van der Waals surface area contributed by atoms with Crippen molar-refractivity contribution in [2.75, 3.05) is 10.6 Å². The number of nitrogens with one attached hydrogen (secondary N) is 2. The summed E-state index contributed by atoms with van der Waals surface area (Å²) in [7, 11) is 0. The molecule has 0 aliphatic carbocycles. The van der Waals surface area contributed by atoms with Crippen molar-refractivity contribution in [3.8, 4) is 0 Å². The summed E-state index contributed by atoms with van der Waals surface area (Å²) < 4.78 is 43.4. The molecule has 10 heteroatoms. The summed E-state index contributed by atoms with van der Waals surface area (Å²) in [6.45, 7) is 3.43. The Labute approximate surface area is 169 Å². The van der Waals surface area contributed by atoms with Gasteiger partial charge in [-0.1, -0.05) is 11.2 Å². The number of nitrogens with zero attached hydrogens (tertiary/aromatic N) is 2. The molecular formula is C20H17F3N4O3. The number of hydrogen-bond acceptors (Lipinski definition) is 5. The van der Waals surface area contributed by atoms with E-state index in [1.165, 1.54) is 12.1 Å². The van der Waals surface area contributed by atoms with Gasteiger partial charge in [0, 0.05) is 23.0 Å². The Hall–Kier alpha value is -3.69. The van der Waals surface area contributed by atoms with Crippen LogP contribution < -0.4 is 10.6 Å². The third kappa shape index (κ3) is 5.02. The van der Waals surface area contributed by atoms with Crippen LogP contribution in [0.5, 0.6) is 0 Å². The van der Waals surface area contributed by atoms with E-state index in [4.69, 9.17) is 4.52 Å². The van der Waals surface area contributed by atoms with Crippen molar-refractivity contribution in [3.05, 3.63) is 70.9 Å². The van der Waals surface area contributed by atoms with Crippen LogP contribution in [-0.2, 0) is 17.4 Å². The number of pyridine rings is 1. The number of carbonyl (C=O) groups is 2. The molecule has 7 nitrogen and oxygen atoms in total. The highest BCUT2D eigenvalue weighted by Crippen LogP contribution is 2.30. The first-order valence-corrected chi connectivity index (χ1v) is 8.79. The second kappa shape index (κ2) is 8.36. The molecule has 3 rings (SSSR count). The summed E-state index contributed by atoms with van der Waals surface area (Å²) >= 11 is 0. The van der Waals surface area contributed by atoms with Gasteiger partial charge in [0.25, 0.3) is 5.91 Å². The average Bonchev–Trinajstić information content (AvgIpc) is 2.99. The van der Waals surface area contributed by atoms with E-state index in [1.807, 2.05) is 0 Å². The highest BCUT2D eigenvalue weighted by Gasteiger charge is 2.31. The smallest absolute Gasteiger partial charge is 0.361 e. The van der Waals surface area contributed by atoms with Gasteiger partial charge in [-0.05, 0) is 38.1 Å². The van der Waals surface area contributed by atoms with E-state index in [1.54, 1.807) is 26.0 Å². The third-order valence-corrected chi connectivity index (χ3v) is 4.25. The number of aromatic nitrogens is 2. The molecule has 1 aromatic carbocycles. The van der Waals surface area contributed by atoms with Crippen LogP contribution in [0, 0.1) is 13.8 Å². The van der Waals surface area contributed by atoms with Crippen LogP contribution in [0.25, 0.3) is 0 Å². The topological polar surface area (TPSA) is 97.1 Å². The number of carbonyl (C=O) groups excluding carboxylic acids is 2. The van der Waals surface area contributed by atoms with Crippen LogP contribution in [0.1, 0.15) is 32.9 Å². The number of hydrogen-bond donors (Lipinski definition) is 2. The lowest BCUT2D eigenvalue weighted by Gasteiger charge is -2.10. The number of amides is 2. The summed E-state index contributed by atoms with van der Waals surface area (Å²) in [5.41, 5.74) is 0.747. The highest BCUT2D eigenvalue weighted by molar-refractivity contribution is 6.05. The van der Waals surface area contributed by atoms with Gasteiger partial charge >= 0.3 is 6.18 Å². The summed E-state index contributed by atoms with van der Waals surface area (Å²) in [5.74, 6) is -0.424. The van der Waals surface area contributed by atoms with Gasteiger partial charge < -0.3 is 15.2 Å². The molecule has 0 spiro atoms. The SMILES string of the molecule is Cc1noc(C)c1CC(=O)Nc1cccc(C(=O)Nc2cncc(C(F)(F)F)c2)c1. The van der Waals surface area contributed by atoms with Crippen molar-refractivity contribution in [3.63, 3.8) is 0 Å². The van der Waals surface area contributed by atoms with Crippen LogP contribution in [0.3, 0.4) is 0 Å². The van der Waals surface area contributed by atoms with Crippen molar-refractivity contribution in [1.29, 1.82) is 0 Å². The number of benzene rings is 1. The van der Waals surface area contributed by atoms with Crippen molar-refractivity contribution in [2.24, 2.45) is 0 Å². The predicted molar refractivity (Wildman–Crippen MR) is 102 cm³/mol. The molecule has 2 heterocycles. The lowest BCUT2D eigenvalue weighted by atomic mass is 10.1. The second-order valence-corrected chi connectivity index (χ2v) is 6.52. The number of halogens is 3. The van der Waals surface area contributed by atoms with Crippen molar-refractivity contribution < 1.29 is 27.3 Å². The van der Waals surface area contributed by atoms with E-state index < -0.39 is 17.6 Å². The lowest BCUT2D eigenvalue weighted by molar-refractivity contribution is -0.137. The number of aryl methyl sites for hydroxylation is 2. The normalized spacial score (nSPS) is 11.2. The number of alkyl halides is 3. The van der Waals surface area contributed by atoms with Gasteiger partial charge in [0.05, 0.1) is 29.6 Å². The van der Waals surface area contributed by atoms with E-state index in [0.29, 0.717) is 28.9 Å². The third-order valence-electron chi connectivity index (χ3n) is 4.25. The molecule has 3 aromatic rings. The van der Waals surface area contributed by atoms with Crippen molar-refractivity contribution >= 4 is 23.2 Å². The molecular weight excluding hydrogens is 401 g/mol. The van der Waals surface area contributed by atoms with Gasteiger partial charge in [0.1, 0.15) is 5.76 Å². The first kappa shape index (κ1) is 21.0. The zero-order valence-electron chi connectivity index (χ0n) is 16.0. The maximum atomic E-state index is 12.8. The van der Waals surface area contributed by atoms with E-state index in [-0.39, 0.29) is 23.6 Å². The van der Waals surface area contributed by atoms with Crippen LogP contribution in [0.2, 0.25) is 0 Å². The van der Waals surface area contributed by atoms with Crippen LogP contribution >= 0.6 is 0 Å². The summed E-state index contributed by atoms with van der Waals surface area (Å²) in [5, 5.41) is 8.83. The Morgan fingerprint density at radius 1 is 1.07 bits per heavy atom. The molecule has 30 heavy (non-hydrogen) atoms. The van der Waals surface area contributed by atoms with Crippen LogP contribution in [-0.4, -0.2) is 22.0 Å². The maximum Gasteiger partial charge on any atom is 0.417 e. The molecule has 0 unspecified atom stereocenters. The summed E-state index contributed by atoms with van der Waals surface area (Å²) in [4.78, 5) is 28.2.